The molecule has 1 aromatic carbocycles. The summed E-state index contributed by atoms with van der Waals surface area (Å²) in [5.74, 6) is -0.0119. The van der Waals surface area contributed by atoms with Gasteiger partial charge in [0.1, 0.15) is 0 Å². The maximum absolute atomic E-state index is 11.9. The molecule has 0 aromatic heterocycles. The highest BCUT2D eigenvalue weighted by Crippen LogP contribution is 2.19. The molecule has 0 fully saturated rings. The van der Waals surface area contributed by atoms with Crippen LogP contribution in [0.1, 0.15) is 29.3 Å². The fourth-order valence-electron chi connectivity index (χ4n) is 1.51. The van der Waals surface area contributed by atoms with Crippen molar-refractivity contribution in [3.05, 3.63) is 33.8 Å². The summed E-state index contributed by atoms with van der Waals surface area (Å²) < 4.78 is 0.967. The summed E-state index contributed by atoms with van der Waals surface area (Å²) in [4.78, 5) is 11.9. The Morgan fingerprint density at radius 1 is 1.28 bits per heavy atom. The Hall–Kier alpha value is -0.580. The van der Waals surface area contributed by atoms with Gasteiger partial charge in [0.15, 0.2) is 0 Å². The summed E-state index contributed by atoms with van der Waals surface area (Å²) in [7, 11) is 0. The Morgan fingerprint density at radius 3 is 2.67 bits per heavy atom. The number of nitrogens with one attached hydrogen (secondary N) is 2. The third-order valence-electron chi connectivity index (χ3n) is 2.53. The SMILES string of the molecule is CCCNCCNC(=O)c1cccc(Br)c1C.Cl. The minimum absolute atomic E-state index is 0. The van der Waals surface area contributed by atoms with E-state index in [-0.39, 0.29) is 18.3 Å². The van der Waals surface area contributed by atoms with Crippen molar-refractivity contribution in [1.29, 1.82) is 0 Å². The lowest BCUT2D eigenvalue weighted by Crippen LogP contribution is -2.32. The van der Waals surface area contributed by atoms with Gasteiger partial charge in [-0.05, 0) is 37.6 Å². The second kappa shape index (κ2) is 9.36. The fraction of sp³-hybridized carbons (Fsp3) is 0.462. The molecule has 0 spiro atoms. The Morgan fingerprint density at radius 2 is 2.00 bits per heavy atom. The summed E-state index contributed by atoms with van der Waals surface area (Å²) in [6.07, 6.45) is 1.11. The van der Waals surface area contributed by atoms with E-state index < -0.39 is 0 Å². The van der Waals surface area contributed by atoms with E-state index in [1.807, 2.05) is 25.1 Å². The van der Waals surface area contributed by atoms with E-state index in [0.29, 0.717) is 6.54 Å². The maximum atomic E-state index is 11.9. The van der Waals surface area contributed by atoms with Gasteiger partial charge < -0.3 is 10.6 Å². The predicted octanol–water partition coefficient (Wildman–Crippen LogP) is 2.91. The zero-order chi connectivity index (χ0) is 12.7. The van der Waals surface area contributed by atoms with Crippen LogP contribution in [0, 0.1) is 6.92 Å². The van der Waals surface area contributed by atoms with E-state index in [0.717, 1.165) is 35.1 Å². The minimum Gasteiger partial charge on any atom is -0.351 e. The predicted molar refractivity (Wildman–Crippen MR) is 81.6 cm³/mol. The molecule has 102 valence electrons. The van der Waals surface area contributed by atoms with Crippen LogP contribution in [0.5, 0.6) is 0 Å². The molecule has 0 heterocycles. The van der Waals surface area contributed by atoms with Gasteiger partial charge in [-0.2, -0.15) is 0 Å². The monoisotopic (exact) mass is 334 g/mol. The first-order chi connectivity index (χ1) is 8.16. The van der Waals surface area contributed by atoms with E-state index in [1.165, 1.54) is 0 Å². The number of benzene rings is 1. The topological polar surface area (TPSA) is 41.1 Å². The van der Waals surface area contributed by atoms with Crippen LogP contribution in [0.2, 0.25) is 0 Å². The maximum Gasteiger partial charge on any atom is 0.251 e. The molecule has 0 aliphatic rings. The molecule has 0 radical (unpaired) electrons. The molecule has 0 saturated carbocycles. The van der Waals surface area contributed by atoms with Gasteiger partial charge in [-0.1, -0.05) is 28.9 Å². The first kappa shape index (κ1) is 17.4. The number of hydrogen-bond acceptors (Lipinski definition) is 2. The van der Waals surface area contributed by atoms with Crippen LogP contribution in [-0.2, 0) is 0 Å². The Bertz CT molecular complexity index is 385. The van der Waals surface area contributed by atoms with E-state index in [9.17, 15) is 4.79 Å². The van der Waals surface area contributed by atoms with Gasteiger partial charge in [-0.15, -0.1) is 12.4 Å². The summed E-state index contributed by atoms with van der Waals surface area (Å²) >= 11 is 3.42. The van der Waals surface area contributed by atoms with Crippen LogP contribution in [0.25, 0.3) is 0 Å². The van der Waals surface area contributed by atoms with Crippen LogP contribution >= 0.6 is 28.3 Å². The summed E-state index contributed by atoms with van der Waals surface area (Å²) in [5, 5.41) is 6.15. The molecule has 0 saturated heterocycles. The third-order valence-corrected chi connectivity index (χ3v) is 3.39. The van der Waals surface area contributed by atoms with Crippen molar-refractivity contribution in [1.82, 2.24) is 10.6 Å². The van der Waals surface area contributed by atoms with Crippen LogP contribution in [-0.4, -0.2) is 25.5 Å². The number of carbonyl (C=O) groups excluding carboxylic acids is 1. The molecule has 5 heteroatoms. The number of carbonyl (C=O) groups is 1. The minimum atomic E-state index is -0.0119. The van der Waals surface area contributed by atoms with E-state index in [2.05, 4.69) is 33.5 Å². The molecule has 18 heavy (non-hydrogen) atoms. The molecule has 0 unspecified atom stereocenters. The second-order valence-corrected chi connectivity index (χ2v) is 4.77. The van der Waals surface area contributed by atoms with Crippen molar-refractivity contribution in [3.8, 4) is 0 Å². The van der Waals surface area contributed by atoms with Crippen molar-refractivity contribution in [2.45, 2.75) is 20.3 Å². The van der Waals surface area contributed by atoms with Gasteiger partial charge in [0.25, 0.3) is 5.91 Å². The van der Waals surface area contributed by atoms with Crippen molar-refractivity contribution < 1.29 is 4.79 Å². The highest BCUT2D eigenvalue weighted by Gasteiger charge is 2.09. The molecule has 0 atom stereocenters. The zero-order valence-corrected chi connectivity index (χ0v) is 13.2. The number of hydrogen-bond donors (Lipinski definition) is 2. The van der Waals surface area contributed by atoms with E-state index in [4.69, 9.17) is 0 Å². The van der Waals surface area contributed by atoms with Crippen molar-refractivity contribution in [2.75, 3.05) is 19.6 Å². The molecule has 0 bridgehead atoms. The van der Waals surface area contributed by atoms with Crippen LogP contribution in [0.4, 0.5) is 0 Å². The van der Waals surface area contributed by atoms with Gasteiger partial charge in [0.2, 0.25) is 0 Å². The average Bonchev–Trinajstić information content (AvgIpc) is 2.32. The van der Waals surface area contributed by atoms with Crippen LogP contribution in [0.3, 0.4) is 0 Å². The number of rotatable bonds is 6. The molecule has 0 aliphatic carbocycles. The van der Waals surface area contributed by atoms with Crippen LogP contribution < -0.4 is 10.6 Å². The lowest BCUT2D eigenvalue weighted by atomic mass is 10.1. The normalized spacial score (nSPS) is 9.72. The van der Waals surface area contributed by atoms with Crippen LogP contribution in [0.15, 0.2) is 22.7 Å². The smallest absolute Gasteiger partial charge is 0.251 e. The lowest BCUT2D eigenvalue weighted by molar-refractivity contribution is 0.0953. The van der Waals surface area contributed by atoms with Crippen molar-refractivity contribution in [3.63, 3.8) is 0 Å². The van der Waals surface area contributed by atoms with Gasteiger partial charge in [-0.3, -0.25) is 4.79 Å². The Labute approximate surface area is 123 Å². The van der Waals surface area contributed by atoms with Crippen molar-refractivity contribution >= 4 is 34.2 Å². The highest BCUT2D eigenvalue weighted by molar-refractivity contribution is 9.10. The van der Waals surface area contributed by atoms with Gasteiger partial charge in [0, 0.05) is 23.1 Å². The van der Waals surface area contributed by atoms with Gasteiger partial charge in [-0.25, -0.2) is 0 Å². The van der Waals surface area contributed by atoms with E-state index in [1.54, 1.807) is 0 Å². The Balaban J connectivity index is 0.00000289. The first-order valence-electron chi connectivity index (χ1n) is 5.90. The zero-order valence-electron chi connectivity index (χ0n) is 10.8. The van der Waals surface area contributed by atoms with Gasteiger partial charge in [0.05, 0.1) is 0 Å². The molecule has 3 nitrogen and oxygen atoms in total. The van der Waals surface area contributed by atoms with Crippen molar-refractivity contribution in [2.24, 2.45) is 0 Å². The molecule has 1 amide bonds. The summed E-state index contributed by atoms with van der Waals surface area (Å²) in [6, 6.07) is 5.66. The lowest BCUT2D eigenvalue weighted by Gasteiger charge is -2.09. The van der Waals surface area contributed by atoms with Gasteiger partial charge >= 0.3 is 0 Å². The molecular weight excluding hydrogens is 316 g/mol. The summed E-state index contributed by atoms with van der Waals surface area (Å²) in [5.41, 5.74) is 1.71. The first-order valence-corrected chi connectivity index (χ1v) is 6.70. The third kappa shape index (κ3) is 5.38. The highest BCUT2D eigenvalue weighted by atomic mass is 79.9. The van der Waals surface area contributed by atoms with E-state index >= 15 is 0 Å². The number of halogens is 2. The quantitative estimate of drug-likeness (QED) is 0.785. The average molecular weight is 336 g/mol. The molecule has 1 rings (SSSR count). The second-order valence-electron chi connectivity index (χ2n) is 3.92. The number of amides is 1. The molecule has 2 N–H and O–H groups in total. The summed E-state index contributed by atoms with van der Waals surface area (Å²) in [6.45, 7) is 6.52. The molecule has 0 aliphatic heterocycles. The Kier molecular flexibility index (Phi) is 9.06. The molecule has 1 aromatic rings. The molecular formula is C13H20BrClN2O. The largest absolute Gasteiger partial charge is 0.351 e. The fourth-order valence-corrected chi connectivity index (χ4v) is 1.88. The standard InChI is InChI=1S/C13H19BrN2O.ClH/c1-3-7-15-8-9-16-13(17)11-5-4-6-12(14)10(11)2;/h4-6,15H,3,7-9H2,1-2H3,(H,16,17);1H.